The molecule has 0 bridgehead atoms. The third-order valence-corrected chi connectivity index (χ3v) is 3.71. The lowest BCUT2D eigenvalue weighted by Gasteiger charge is -2.08. The molecule has 0 spiro atoms. The van der Waals surface area contributed by atoms with Crippen LogP contribution >= 0.6 is 28.1 Å². The molecule has 0 amide bonds. The smallest absolute Gasteiger partial charge is 0.239 e. The Hall–Kier alpha value is -0.660. The number of hydrogen-bond acceptors (Lipinski definition) is 3. The van der Waals surface area contributed by atoms with Gasteiger partial charge >= 0.3 is 0 Å². The van der Waals surface area contributed by atoms with Crippen molar-refractivity contribution in [3.05, 3.63) is 28.7 Å². The van der Waals surface area contributed by atoms with Crippen LogP contribution in [0.2, 0.25) is 0 Å². The van der Waals surface area contributed by atoms with Crippen molar-refractivity contribution in [2.24, 2.45) is 5.73 Å². The summed E-state index contributed by atoms with van der Waals surface area (Å²) in [4.78, 5) is -0.0606. The predicted molar refractivity (Wildman–Crippen MR) is 68.3 cm³/mol. The SMILES string of the molecule is NC(=S)CS(=O)(=O)Nc1ccccc1Br. The van der Waals surface area contributed by atoms with Gasteiger partial charge in [-0.1, -0.05) is 24.4 Å². The molecule has 3 N–H and O–H groups in total. The Balaban J connectivity index is 2.87. The lowest BCUT2D eigenvalue weighted by molar-refractivity contribution is 0.605. The van der Waals surface area contributed by atoms with E-state index >= 15 is 0 Å². The monoisotopic (exact) mass is 308 g/mol. The van der Waals surface area contributed by atoms with Gasteiger partial charge in [0.1, 0.15) is 5.75 Å². The van der Waals surface area contributed by atoms with Crippen LogP contribution in [-0.2, 0) is 10.0 Å². The highest BCUT2D eigenvalue weighted by Crippen LogP contribution is 2.22. The highest BCUT2D eigenvalue weighted by atomic mass is 79.9. The van der Waals surface area contributed by atoms with Crippen LogP contribution in [0, 0.1) is 0 Å². The van der Waals surface area contributed by atoms with E-state index < -0.39 is 10.0 Å². The minimum absolute atomic E-state index is 0.0606. The lowest BCUT2D eigenvalue weighted by atomic mass is 10.3. The quantitative estimate of drug-likeness (QED) is 0.826. The molecule has 0 aliphatic carbocycles. The molecule has 0 saturated heterocycles. The Morgan fingerprint density at radius 2 is 2.07 bits per heavy atom. The number of hydrogen-bond donors (Lipinski definition) is 2. The molecule has 0 saturated carbocycles. The van der Waals surface area contributed by atoms with Crippen LogP contribution in [0.4, 0.5) is 5.69 Å². The maximum absolute atomic E-state index is 11.5. The summed E-state index contributed by atoms with van der Waals surface area (Å²) in [6.45, 7) is 0. The fraction of sp³-hybridized carbons (Fsp3) is 0.125. The number of thiocarbonyl (C=S) groups is 1. The molecule has 0 radical (unpaired) electrons. The third kappa shape index (κ3) is 4.15. The second-order valence-electron chi connectivity index (χ2n) is 2.81. The number of sulfonamides is 1. The average molecular weight is 309 g/mol. The first-order chi connectivity index (χ1) is 6.91. The number of benzene rings is 1. The summed E-state index contributed by atoms with van der Waals surface area (Å²) in [5, 5.41) is 0. The summed E-state index contributed by atoms with van der Waals surface area (Å²) in [6.07, 6.45) is 0. The van der Waals surface area contributed by atoms with E-state index in [-0.39, 0.29) is 10.7 Å². The topological polar surface area (TPSA) is 72.2 Å². The molecule has 1 aromatic rings. The van der Waals surface area contributed by atoms with Crippen molar-refractivity contribution in [3.8, 4) is 0 Å². The second-order valence-corrected chi connectivity index (χ2v) is 5.91. The van der Waals surface area contributed by atoms with Gasteiger partial charge in [0.2, 0.25) is 10.0 Å². The molecule has 1 aromatic carbocycles. The number of anilines is 1. The van der Waals surface area contributed by atoms with Crippen molar-refractivity contribution in [1.29, 1.82) is 0 Å². The van der Waals surface area contributed by atoms with E-state index in [1.165, 1.54) is 0 Å². The Kier molecular flexibility index (Phi) is 4.06. The Bertz CT molecular complexity index is 473. The summed E-state index contributed by atoms with van der Waals surface area (Å²) < 4.78 is 26.0. The molecule has 7 heteroatoms. The van der Waals surface area contributed by atoms with E-state index in [0.717, 1.165) is 0 Å². The van der Waals surface area contributed by atoms with E-state index in [9.17, 15) is 8.42 Å². The van der Waals surface area contributed by atoms with Crippen LogP contribution in [0.15, 0.2) is 28.7 Å². The van der Waals surface area contributed by atoms with Crippen LogP contribution in [0.1, 0.15) is 0 Å². The first-order valence-corrected chi connectivity index (χ1v) is 6.79. The van der Waals surface area contributed by atoms with Gasteiger partial charge in [0.05, 0.1) is 10.7 Å². The number of para-hydroxylation sites is 1. The van der Waals surface area contributed by atoms with Crippen molar-refractivity contribution >= 4 is 48.8 Å². The van der Waals surface area contributed by atoms with E-state index in [4.69, 9.17) is 5.73 Å². The van der Waals surface area contributed by atoms with Crippen LogP contribution in [-0.4, -0.2) is 19.2 Å². The molecule has 0 unspecified atom stereocenters. The summed E-state index contributed by atoms with van der Waals surface area (Å²) in [5.74, 6) is -0.357. The largest absolute Gasteiger partial charge is 0.392 e. The van der Waals surface area contributed by atoms with Gasteiger partial charge in [0, 0.05) is 4.47 Å². The van der Waals surface area contributed by atoms with E-state index in [0.29, 0.717) is 10.2 Å². The highest BCUT2D eigenvalue weighted by Gasteiger charge is 2.12. The Morgan fingerprint density at radius 1 is 1.47 bits per heavy atom. The molecule has 15 heavy (non-hydrogen) atoms. The minimum Gasteiger partial charge on any atom is -0.392 e. The van der Waals surface area contributed by atoms with E-state index in [1.54, 1.807) is 24.3 Å². The van der Waals surface area contributed by atoms with Gasteiger partial charge in [-0.05, 0) is 28.1 Å². The summed E-state index contributed by atoms with van der Waals surface area (Å²) in [7, 11) is -3.50. The number of nitrogens with one attached hydrogen (secondary N) is 1. The fourth-order valence-electron chi connectivity index (χ4n) is 0.935. The molecule has 0 atom stereocenters. The predicted octanol–water partition coefficient (Wildman–Crippen LogP) is 1.48. The molecule has 1 rings (SSSR count). The van der Waals surface area contributed by atoms with Crippen LogP contribution in [0.3, 0.4) is 0 Å². The normalized spacial score (nSPS) is 11.0. The first kappa shape index (κ1) is 12.4. The zero-order chi connectivity index (χ0) is 11.5. The standard InChI is InChI=1S/C8H9BrN2O2S2/c9-6-3-1-2-4-7(6)11-15(12,13)5-8(10)14/h1-4,11H,5H2,(H2,10,14). The van der Waals surface area contributed by atoms with Gasteiger partial charge in [-0.25, -0.2) is 8.42 Å². The summed E-state index contributed by atoms with van der Waals surface area (Å²) >= 11 is 7.76. The molecule has 0 fully saturated rings. The minimum atomic E-state index is -3.50. The molecular formula is C8H9BrN2O2S2. The maximum atomic E-state index is 11.5. The van der Waals surface area contributed by atoms with Gasteiger partial charge in [-0.15, -0.1) is 0 Å². The Morgan fingerprint density at radius 3 is 2.60 bits per heavy atom. The fourth-order valence-corrected chi connectivity index (χ4v) is 2.88. The molecule has 0 aromatic heterocycles. The van der Waals surface area contributed by atoms with Crippen molar-refractivity contribution in [1.82, 2.24) is 0 Å². The van der Waals surface area contributed by atoms with Crippen molar-refractivity contribution in [2.45, 2.75) is 0 Å². The molecule has 4 nitrogen and oxygen atoms in total. The first-order valence-electron chi connectivity index (χ1n) is 3.94. The second kappa shape index (κ2) is 4.91. The van der Waals surface area contributed by atoms with Crippen LogP contribution < -0.4 is 10.5 Å². The molecule has 0 aliphatic rings. The molecule has 0 aliphatic heterocycles. The summed E-state index contributed by atoms with van der Waals surface area (Å²) in [5.41, 5.74) is 5.64. The number of rotatable bonds is 4. The zero-order valence-corrected chi connectivity index (χ0v) is 10.8. The maximum Gasteiger partial charge on any atom is 0.239 e. The van der Waals surface area contributed by atoms with Crippen LogP contribution in [0.25, 0.3) is 0 Å². The van der Waals surface area contributed by atoms with Gasteiger partial charge in [-0.2, -0.15) is 0 Å². The van der Waals surface area contributed by atoms with Gasteiger partial charge in [0.15, 0.2) is 0 Å². The van der Waals surface area contributed by atoms with E-state index in [2.05, 4.69) is 32.9 Å². The van der Waals surface area contributed by atoms with E-state index in [1.807, 2.05) is 0 Å². The third-order valence-electron chi connectivity index (χ3n) is 1.47. The molecule has 0 heterocycles. The van der Waals surface area contributed by atoms with Crippen molar-refractivity contribution in [2.75, 3.05) is 10.5 Å². The van der Waals surface area contributed by atoms with Crippen LogP contribution in [0.5, 0.6) is 0 Å². The van der Waals surface area contributed by atoms with Gasteiger partial charge in [0.25, 0.3) is 0 Å². The van der Waals surface area contributed by atoms with Gasteiger partial charge < -0.3 is 5.73 Å². The number of nitrogens with two attached hydrogens (primary N) is 1. The zero-order valence-electron chi connectivity index (χ0n) is 7.60. The Labute approximate surface area is 102 Å². The molecule has 82 valence electrons. The van der Waals surface area contributed by atoms with Crippen molar-refractivity contribution in [3.63, 3.8) is 0 Å². The lowest BCUT2D eigenvalue weighted by Crippen LogP contribution is -2.26. The number of halogens is 1. The summed E-state index contributed by atoms with van der Waals surface area (Å²) in [6, 6.07) is 6.89. The molecular weight excluding hydrogens is 300 g/mol. The highest BCUT2D eigenvalue weighted by molar-refractivity contribution is 9.10. The average Bonchev–Trinajstić information content (AvgIpc) is 2.06. The van der Waals surface area contributed by atoms with Gasteiger partial charge in [-0.3, -0.25) is 4.72 Å². The van der Waals surface area contributed by atoms with Crippen molar-refractivity contribution < 1.29 is 8.42 Å².